The minimum absolute atomic E-state index is 0.0196. The average molecular weight is 478 g/mol. The average Bonchev–Trinajstić information content (AvgIpc) is 2.97. The van der Waals surface area contributed by atoms with Crippen molar-refractivity contribution in [3.05, 3.63) is 0 Å². The van der Waals surface area contributed by atoms with Gasteiger partial charge in [-0.1, -0.05) is 45.7 Å². The van der Waals surface area contributed by atoms with E-state index >= 15 is 0 Å². The molecule has 134 valence electrons. The number of nitrogens with zero attached hydrogens (tertiary/aromatic N) is 1. The minimum Gasteiger partial charge on any atom is -0.392 e. The van der Waals surface area contributed by atoms with Crippen LogP contribution in [-0.2, 0) is 24.3 Å². The molecule has 0 saturated carbocycles. The first-order valence-corrected chi connectivity index (χ1v) is 10.8. The quantitative estimate of drug-likeness (QED) is 0.335. The Labute approximate surface area is 153 Å². The van der Waals surface area contributed by atoms with Crippen LogP contribution in [0.1, 0.15) is 20.3 Å². The van der Waals surface area contributed by atoms with E-state index in [-0.39, 0.29) is 24.3 Å². The zero-order chi connectivity index (χ0) is 17.8. The van der Waals surface area contributed by atoms with Gasteiger partial charge in [-0.2, -0.15) is 0 Å². The van der Waals surface area contributed by atoms with Gasteiger partial charge in [0.15, 0.2) is 0 Å². The molecule has 0 amide bonds. The van der Waals surface area contributed by atoms with E-state index in [0.717, 1.165) is 0 Å². The second-order valence-corrected chi connectivity index (χ2v) is 10.2. The van der Waals surface area contributed by atoms with Gasteiger partial charge in [0.25, 0.3) is 0 Å². The summed E-state index contributed by atoms with van der Waals surface area (Å²) in [6.07, 6.45) is 0.346. The number of esters is 2. The maximum atomic E-state index is 12.2. The summed E-state index contributed by atoms with van der Waals surface area (Å²) >= 11 is 6.21. The Hall–Kier alpha value is -0.0300. The number of ether oxygens (including phenoxy) is 1. The lowest BCUT2D eigenvalue weighted by atomic mass is 10.1. The van der Waals surface area contributed by atoms with E-state index in [2.05, 4.69) is 37.2 Å². The molecule has 0 aromatic rings. The summed E-state index contributed by atoms with van der Waals surface area (Å²) in [4.78, 5) is 24.1. The topological polar surface area (TPSA) is 92.8 Å². The second-order valence-electron chi connectivity index (χ2n) is 5.70. The normalized spacial score (nSPS) is 22.1. The van der Waals surface area contributed by atoms with Crippen LogP contribution in [0.5, 0.6) is 0 Å². The van der Waals surface area contributed by atoms with Gasteiger partial charge in [-0.3, -0.25) is 4.79 Å². The first-order chi connectivity index (χ1) is 10.6. The maximum Gasteiger partial charge on any atom is 0.331 e. The van der Waals surface area contributed by atoms with Crippen LogP contribution in [-0.4, -0.2) is 60.3 Å². The highest BCUT2D eigenvalue weighted by molar-refractivity contribution is 9.13. The Kier molecular flexibility index (Phi) is 8.12. The molecule has 1 rings (SSSR count). The van der Waals surface area contributed by atoms with E-state index in [1.165, 1.54) is 4.31 Å². The molecule has 0 aromatic carbocycles. The van der Waals surface area contributed by atoms with Crippen molar-refractivity contribution in [3.63, 3.8) is 0 Å². The van der Waals surface area contributed by atoms with E-state index < -0.39 is 38.1 Å². The molecule has 23 heavy (non-hydrogen) atoms. The molecule has 1 unspecified atom stereocenters. The van der Waals surface area contributed by atoms with Crippen molar-refractivity contribution < 1.29 is 22.7 Å². The van der Waals surface area contributed by atoms with E-state index in [4.69, 9.17) is 4.74 Å². The van der Waals surface area contributed by atoms with Crippen LogP contribution in [0.4, 0.5) is 0 Å². The van der Waals surface area contributed by atoms with Crippen LogP contribution < -0.4 is 5.32 Å². The van der Waals surface area contributed by atoms with Crippen molar-refractivity contribution >= 4 is 53.8 Å². The number of halogens is 2. The number of rotatable bonds is 7. The minimum atomic E-state index is -3.52. The zero-order valence-corrected chi connectivity index (χ0v) is 17.3. The number of carbonyl (C=O) groups excluding carboxylic acids is 2. The first-order valence-electron chi connectivity index (χ1n) is 7.26. The number of alkyl halides is 2. The third-order valence-electron chi connectivity index (χ3n) is 3.72. The highest BCUT2D eigenvalue weighted by atomic mass is 79.9. The van der Waals surface area contributed by atoms with Crippen molar-refractivity contribution in [2.24, 2.45) is 11.8 Å². The van der Waals surface area contributed by atoms with Gasteiger partial charge in [0.05, 0.1) is 5.92 Å². The van der Waals surface area contributed by atoms with Crippen LogP contribution in [0.15, 0.2) is 0 Å². The van der Waals surface area contributed by atoms with Crippen LogP contribution in [0.25, 0.3) is 0 Å². The Morgan fingerprint density at radius 1 is 1.39 bits per heavy atom. The van der Waals surface area contributed by atoms with Crippen molar-refractivity contribution in [1.82, 2.24) is 9.62 Å². The molecule has 1 aliphatic rings. The highest BCUT2D eigenvalue weighted by Crippen LogP contribution is 2.26. The van der Waals surface area contributed by atoms with E-state index in [1.54, 1.807) is 7.05 Å². The molecule has 0 spiro atoms. The van der Waals surface area contributed by atoms with Gasteiger partial charge in [-0.05, 0) is 19.4 Å². The van der Waals surface area contributed by atoms with Crippen molar-refractivity contribution in [3.8, 4) is 0 Å². The van der Waals surface area contributed by atoms with E-state index in [9.17, 15) is 18.0 Å². The summed E-state index contributed by atoms with van der Waals surface area (Å²) in [6.45, 7) is 3.96. The fourth-order valence-corrected chi connectivity index (χ4v) is 5.30. The highest BCUT2D eigenvalue weighted by Gasteiger charge is 2.39. The summed E-state index contributed by atoms with van der Waals surface area (Å²) in [5.74, 6) is -1.94. The predicted molar refractivity (Wildman–Crippen MR) is 93.9 cm³/mol. The van der Waals surface area contributed by atoms with Gasteiger partial charge >= 0.3 is 11.9 Å². The molecular formula is C13H22Br2N2O5S. The Morgan fingerprint density at radius 2 is 2.00 bits per heavy atom. The van der Waals surface area contributed by atoms with Crippen molar-refractivity contribution in [2.75, 3.05) is 25.5 Å². The third kappa shape index (κ3) is 5.22. The monoisotopic (exact) mass is 476 g/mol. The van der Waals surface area contributed by atoms with Gasteiger partial charge in [0.2, 0.25) is 10.0 Å². The first kappa shape index (κ1) is 21.0. The van der Waals surface area contributed by atoms with Crippen LogP contribution in [0.3, 0.4) is 0 Å². The molecule has 7 nitrogen and oxygen atoms in total. The summed E-state index contributed by atoms with van der Waals surface area (Å²) in [7, 11) is -1.90. The molecule has 0 bridgehead atoms. The smallest absolute Gasteiger partial charge is 0.331 e. The second kappa shape index (κ2) is 8.89. The molecule has 3 atom stereocenters. The molecule has 10 heteroatoms. The van der Waals surface area contributed by atoms with Crippen LogP contribution in [0.2, 0.25) is 0 Å². The molecule has 0 aromatic heterocycles. The molecule has 1 saturated heterocycles. The molecule has 1 N–H and O–H groups in total. The number of sulfonamides is 1. The molecule has 1 fully saturated rings. The predicted octanol–water partition coefficient (Wildman–Crippen LogP) is 1.07. The molecule has 1 aliphatic heterocycles. The van der Waals surface area contributed by atoms with Crippen LogP contribution >= 0.6 is 31.9 Å². The Balaban J connectivity index is 2.66. The zero-order valence-electron chi connectivity index (χ0n) is 13.3. The number of carbonyl (C=O) groups is 2. The SMILES string of the molecule is CN[C@H](C(=O)OC(=O)[C@H]1CCN(S(=O)(=O)C(Br)CBr)C1)C(C)C. The van der Waals surface area contributed by atoms with E-state index in [1.807, 2.05) is 13.8 Å². The number of likely N-dealkylation sites (N-methyl/N-ethyl adjacent to an activating group) is 1. The molecule has 0 radical (unpaired) electrons. The Morgan fingerprint density at radius 3 is 2.48 bits per heavy atom. The van der Waals surface area contributed by atoms with Crippen molar-refractivity contribution in [1.29, 1.82) is 0 Å². The van der Waals surface area contributed by atoms with Crippen LogP contribution in [0, 0.1) is 11.8 Å². The van der Waals surface area contributed by atoms with E-state index in [0.29, 0.717) is 6.42 Å². The largest absolute Gasteiger partial charge is 0.392 e. The lowest BCUT2D eigenvalue weighted by Gasteiger charge is -2.20. The molecule has 0 aliphatic carbocycles. The summed E-state index contributed by atoms with van der Waals surface area (Å²) in [5.41, 5.74) is 0. The fourth-order valence-electron chi connectivity index (χ4n) is 2.36. The fraction of sp³-hybridized carbons (Fsp3) is 0.846. The summed E-state index contributed by atoms with van der Waals surface area (Å²) in [6, 6.07) is -0.569. The summed E-state index contributed by atoms with van der Waals surface area (Å²) in [5, 5.41) is 3.06. The number of hydrogen-bond acceptors (Lipinski definition) is 6. The Bertz CT molecular complexity index is 540. The van der Waals surface area contributed by atoms with Gasteiger partial charge < -0.3 is 10.1 Å². The van der Waals surface area contributed by atoms with Gasteiger partial charge in [0.1, 0.15) is 10.2 Å². The van der Waals surface area contributed by atoms with Crippen molar-refractivity contribution in [2.45, 2.75) is 30.5 Å². The number of nitrogens with one attached hydrogen (secondary N) is 1. The summed E-state index contributed by atoms with van der Waals surface area (Å²) < 4.78 is 29.9. The van der Waals surface area contributed by atoms with Gasteiger partial charge in [-0.25, -0.2) is 17.5 Å². The van der Waals surface area contributed by atoms with Gasteiger partial charge in [0, 0.05) is 18.4 Å². The molecule has 1 heterocycles. The lowest BCUT2D eigenvalue weighted by Crippen LogP contribution is -2.42. The lowest BCUT2D eigenvalue weighted by molar-refractivity contribution is -0.164. The molecular weight excluding hydrogens is 456 g/mol. The maximum absolute atomic E-state index is 12.2. The van der Waals surface area contributed by atoms with Gasteiger partial charge in [-0.15, -0.1) is 0 Å². The number of hydrogen-bond donors (Lipinski definition) is 1. The third-order valence-corrected chi connectivity index (χ3v) is 9.27. The standard InChI is InChI=1S/C13H22Br2N2O5S/c1-8(2)11(16-3)13(19)22-12(18)9-4-5-17(7-9)23(20,21)10(15)6-14/h8-11,16H,4-7H2,1-3H3/t9-,10?,11-/m0/s1.